The van der Waals surface area contributed by atoms with Crippen molar-refractivity contribution in [1.82, 2.24) is 0 Å². The summed E-state index contributed by atoms with van der Waals surface area (Å²) >= 11 is 0. The minimum Gasteiger partial charge on any atom is -0.281 e. The predicted octanol–water partition coefficient (Wildman–Crippen LogP) is 3.66. The van der Waals surface area contributed by atoms with Crippen LogP contribution in [0.1, 0.15) is 0 Å². The van der Waals surface area contributed by atoms with Crippen molar-refractivity contribution < 1.29 is 29.1 Å². The van der Waals surface area contributed by atoms with Crippen LogP contribution in [-0.4, -0.2) is 27.8 Å². The van der Waals surface area contributed by atoms with Gasteiger partial charge in [-0.25, -0.2) is 0 Å². The van der Waals surface area contributed by atoms with E-state index in [1.807, 2.05) is 0 Å². The van der Waals surface area contributed by atoms with Gasteiger partial charge in [0.25, 0.3) is 13.6 Å². The van der Waals surface area contributed by atoms with Gasteiger partial charge in [-0.2, -0.15) is 0 Å². The first-order valence-corrected chi connectivity index (χ1v) is 12.6. The van der Waals surface area contributed by atoms with Crippen molar-refractivity contribution in [2.75, 3.05) is 6.16 Å². The number of hydrogen-bond acceptors (Lipinski definition) is 2. The van der Waals surface area contributed by atoms with E-state index in [2.05, 4.69) is 93.9 Å². The fourth-order valence-corrected chi connectivity index (χ4v) is 7.53. The van der Waals surface area contributed by atoms with Gasteiger partial charge < -0.3 is 0 Å². The molecule has 2 aromatic carbocycles. The largest absolute Gasteiger partial charge is 0.281 e. The summed E-state index contributed by atoms with van der Waals surface area (Å²) in [7, 11) is -1.15. The summed E-state index contributed by atoms with van der Waals surface area (Å²) < 4.78 is 0. The van der Waals surface area contributed by atoms with Crippen LogP contribution < -0.4 is 10.6 Å². The molecule has 5 heteroatoms. The van der Waals surface area contributed by atoms with Gasteiger partial charge in [0.1, 0.15) is 0 Å². The maximum Gasteiger partial charge on any atom is 0.281 e. The second-order valence-electron chi connectivity index (χ2n) is 6.13. The van der Waals surface area contributed by atoms with Gasteiger partial charge in [-0.1, -0.05) is 86.3 Å². The minimum absolute atomic E-state index is 0. The van der Waals surface area contributed by atoms with Crippen molar-refractivity contribution in [3.8, 4) is 0 Å². The normalized spacial score (nSPS) is 9.67. The van der Waals surface area contributed by atoms with Crippen LogP contribution in [0.25, 0.3) is 0 Å². The van der Waals surface area contributed by atoms with Crippen molar-refractivity contribution in [1.29, 1.82) is 0 Å². The number of hydrogen-bond donors (Lipinski definition) is 0. The van der Waals surface area contributed by atoms with E-state index in [0.29, 0.717) is 0 Å². The van der Waals surface area contributed by atoms with E-state index < -0.39 is 8.07 Å². The van der Waals surface area contributed by atoms with Gasteiger partial charge in [0.05, 0.1) is 0 Å². The van der Waals surface area contributed by atoms with Crippen LogP contribution in [-0.2, 0) is 29.1 Å². The predicted molar refractivity (Wildman–Crippen MR) is 103 cm³/mol. The summed E-state index contributed by atoms with van der Waals surface area (Å²) in [5.74, 6) is 0. The SMILES string of the molecule is C[Si](C)(C)CCP(c1ccccc1)c1ccccc1.[C]=O.[C]=O.[Rh]. The van der Waals surface area contributed by atoms with Crippen molar-refractivity contribution in [3.05, 3.63) is 60.7 Å². The molecule has 0 unspecified atom stereocenters. The fourth-order valence-electron chi connectivity index (χ4n) is 2.07. The Bertz CT molecular complexity index is 491. The molecule has 0 fully saturated rings. The maximum atomic E-state index is 7.50. The molecule has 0 spiro atoms. The van der Waals surface area contributed by atoms with Crippen LogP contribution >= 0.6 is 7.92 Å². The van der Waals surface area contributed by atoms with Gasteiger partial charge in [0.15, 0.2) is 0 Å². The van der Waals surface area contributed by atoms with Crippen molar-refractivity contribution in [2.45, 2.75) is 25.7 Å². The van der Waals surface area contributed by atoms with Crippen LogP contribution in [0.5, 0.6) is 0 Å². The zero-order chi connectivity index (χ0) is 17.7. The molecule has 2 aromatic rings. The molecule has 24 heavy (non-hydrogen) atoms. The van der Waals surface area contributed by atoms with E-state index >= 15 is 0 Å². The second-order valence-corrected chi connectivity index (χ2v) is 14.1. The molecule has 0 heterocycles. The van der Waals surface area contributed by atoms with Gasteiger partial charge in [0, 0.05) is 27.6 Å². The van der Waals surface area contributed by atoms with Crippen molar-refractivity contribution in [2.24, 2.45) is 0 Å². The standard InChI is InChI=1S/C17H23PSi.2CO.Rh/c1-19(2,3)15-14-18(16-10-6-4-7-11-16)17-12-8-5-9-13-17;2*1-2;/h4-13H,14-15H2,1-3H3;;;. The molecule has 0 bridgehead atoms. The molecule has 0 aliphatic carbocycles. The zero-order valence-corrected chi connectivity index (χ0v) is 17.8. The Labute approximate surface area is 161 Å². The quantitative estimate of drug-likeness (QED) is 0.520. The van der Waals surface area contributed by atoms with Gasteiger partial charge >= 0.3 is 0 Å². The molecular weight excluding hydrogens is 422 g/mol. The van der Waals surface area contributed by atoms with Crippen LogP contribution in [0.15, 0.2) is 60.7 Å². The average Bonchev–Trinajstić information content (AvgIpc) is 2.60. The van der Waals surface area contributed by atoms with Crippen LogP contribution in [0.3, 0.4) is 0 Å². The molecule has 0 amide bonds. The molecule has 0 saturated heterocycles. The molecule has 129 valence electrons. The molecule has 0 atom stereocenters. The van der Waals surface area contributed by atoms with Crippen LogP contribution in [0.4, 0.5) is 0 Å². The average molecular weight is 445 g/mol. The zero-order valence-electron chi connectivity index (χ0n) is 14.3. The Morgan fingerprint density at radius 3 is 1.38 bits per heavy atom. The molecule has 2 rings (SSSR count). The molecule has 0 saturated carbocycles. The van der Waals surface area contributed by atoms with Crippen molar-refractivity contribution in [3.63, 3.8) is 0 Å². The summed E-state index contributed by atoms with van der Waals surface area (Å²) in [6.07, 6.45) is 1.33. The summed E-state index contributed by atoms with van der Waals surface area (Å²) in [5, 5.41) is 3.03. The van der Waals surface area contributed by atoms with Crippen molar-refractivity contribution >= 4 is 40.2 Å². The third-order valence-corrected chi connectivity index (χ3v) is 7.91. The van der Waals surface area contributed by atoms with E-state index in [9.17, 15) is 0 Å². The monoisotopic (exact) mass is 445 g/mol. The number of benzene rings is 2. The Morgan fingerprint density at radius 2 is 1.08 bits per heavy atom. The van der Waals surface area contributed by atoms with Crippen LogP contribution in [0, 0.1) is 0 Å². The topological polar surface area (TPSA) is 34.1 Å². The Kier molecular flexibility index (Phi) is 15.2. The van der Waals surface area contributed by atoms with Gasteiger partial charge in [-0.15, -0.1) is 0 Å². The first-order chi connectivity index (χ1) is 11.1. The first kappa shape index (κ1) is 25.3. The molecule has 2 nitrogen and oxygen atoms in total. The minimum atomic E-state index is -0.970. The molecule has 0 aliphatic heterocycles. The fraction of sp³-hybridized carbons (Fsp3) is 0.263. The summed E-state index contributed by atoms with van der Waals surface area (Å²) in [5.41, 5.74) is 0. The third-order valence-electron chi connectivity index (χ3n) is 3.22. The maximum absolute atomic E-state index is 7.50. The molecule has 5 radical (unpaired) electrons. The second kappa shape index (κ2) is 14.4. The van der Waals surface area contributed by atoms with E-state index in [1.54, 1.807) is 0 Å². The van der Waals surface area contributed by atoms with Gasteiger partial charge in [-0.05, 0) is 24.7 Å². The number of rotatable bonds is 5. The molecular formula is C19H23O2PRhSi. The molecule has 0 aromatic heterocycles. The van der Waals surface area contributed by atoms with E-state index in [0.717, 1.165) is 0 Å². The summed E-state index contributed by atoms with van der Waals surface area (Å²) in [6, 6.07) is 23.5. The smallest absolute Gasteiger partial charge is 0.281 e. The Balaban J connectivity index is 0. The van der Waals surface area contributed by atoms with E-state index in [1.165, 1.54) is 22.8 Å². The summed E-state index contributed by atoms with van der Waals surface area (Å²) in [6.45, 7) is 16.4. The van der Waals surface area contributed by atoms with E-state index in [4.69, 9.17) is 9.59 Å². The van der Waals surface area contributed by atoms with Crippen LogP contribution in [0.2, 0.25) is 25.7 Å². The Hall–Kier alpha value is -0.950. The first-order valence-electron chi connectivity index (χ1n) is 7.35. The summed E-state index contributed by atoms with van der Waals surface area (Å²) in [4.78, 5) is 15.0. The van der Waals surface area contributed by atoms with Gasteiger partial charge in [-0.3, -0.25) is 9.59 Å². The number of carbonyl (C=O) groups excluding carboxylic acids is 2. The third kappa shape index (κ3) is 10.0. The Morgan fingerprint density at radius 1 is 0.750 bits per heavy atom. The molecule has 0 aliphatic rings. The van der Waals surface area contributed by atoms with E-state index in [-0.39, 0.29) is 27.4 Å². The van der Waals surface area contributed by atoms with Gasteiger partial charge in [0.2, 0.25) is 0 Å². The molecule has 0 N–H and O–H groups in total.